The second kappa shape index (κ2) is 5.34. The zero-order valence-corrected chi connectivity index (χ0v) is 12.8. The first-order valence-electron chi connectivity index (χ1n) is 8.22. The van der Waals surface area contributed by atoms with Crippen LogP contribution >= 0.6 is 0 Å². The normalized spacial score (nSPS) is 28.0. The smallest absolute Gasteiger partial charge is 0.251 e. The van der Waals surface area contributed by atoms with Crippen LogP contribution in [0.25, 0.3) is 11.0 Å². The molecule has 2 fully saturated rings. The Kier molecular flexibility index (Phi) is 3.32. The molecule has 4 nitrogen and oxygen atoms in total. The summed E-state index contributed by atoms with van der Waals surface area (Å²) in [7, 11) is 0. The van der Waals surface area contributed by atoms with Gasteiger partial charge in [0.25, 0.3) is 5.91 Å². The Bertz CT molecular complexity index is 714. The molecule has 1 amide bonds. The number of carbonyl (C=O) groups is 1. The molecule has 0 radical (unpaired) electrons. The first kappa shape index (κ1) is 13.7. The number of benzene rings is 1. The molecule has 4 atom stereocenters. The monoisotopic (exact) mass is 295 g/mol. The molecule has 1 N–H and O–H groups in total. The lowest BCUT2D eigenvalue weighted by Crippen LogP contribution is -2.40. The highest BCUT2D eigenvalue weighted by Crippen LogP contribution is 2.49. The maximum absolute atomic E-state index is 12.5. The van der Waals surface area contributed by atoms with Gasteiger partial charge in [-0.05, 0) is 62.1 Å². The number of carbonyl (C=O) groups excluding carboxylic acids is 1. The highest BCUT2D eigenvalue weighted by atomic mass is 16.1. The van der Waals surface area contributed by atoms with Crippen LogP contribution in [0.15, 0.2) is 30.6 Å². The van der Waals surface area contributed by atoms with Crippen LogP contribution in [0.1, 0.15) is 43.0 Å². The second-order valence-electron chi connectivity index (χ2n) is 6.86. The van der Waals surface area contributed by atoms with Crippen LogP contribution in [0.3, 0.4) is 0 Å². The molecule has 4 heteroatoms. The van der Waals surface area contributed by atoms with Crippen LogP contribution in [0.2, 0.25) is 0 Å². The minimum Gasteiger partial charge on any atom is -0.349 e. The van der Waals surface area contributed by atoms with E-state index in [1.807, 2.05) is 18.2 Å². The van der Waals surface area contributed by atoms with E-state index in [-0.39, 0.29) is 11.9 Å². The van der Waals surface area contributed by atoms with Gasteiger partial charge in [-0.1, -0.05) is 6.42 Å². The number of amides is 1. The summed E-state index contributed by atoms with van der Waals surface area (Å²) in [5, 5.41) is 3.20. The van der Waals surface area contributed by atoms with Gasteiger partial charge in [0, 0.05) is 24.0 Å². The van der Waals surface area contributed by atoms with Crippen LogP contribution in [-0.4, -0.2) is 21.9 Å². The van der Waals surface area contributed by atoms with Crippen molar-refractivity contribution in [2.45, 2.75) is 38.6 Å². The van der Waals surface area contributed by atoms with Crippen molar-refractivity contribution in [3.63, 3.8) is 0 Å². The van der Waals surface area contributed by atoms with E-state index in [0.717, 1.165) is 22.9 Å². The summed E-state index contributed by atoms with van der Waals surface area (Å²) in [6, 6.07) is 5.77. The molecule has 0 aliphatic heterocycles. The Balaban J connectivity index is 1.48. The predicted octanol–water partition coefficient (Wildman–Crippen LogP) is 3.18. The number of hydrogen-bond acceptors (Lipinski definition) is 3. The summed E-state index contributed by atoms with van der Waals surface area (Å²) in [6.45, 7) is 2.16. The van der Waals surface area contributed by atoms with Crippen molar-refractivity contribution >= 4 is 16.9 Å². The average molecular weight is 295 g/mol. The van der Waals surface area contributed by atoms with Gasteiger partial charge in [0.2, 0.25) is 0 Å². The summed E-state index contributed by atoms with van der Waals surface area (Å²) in [5.74, 6) is 2.39. The van der Waals surface area contributed by atoms with Gasteiger partial charge in [-0.2, -0.15) is 0 Å². The lowest BCUT2D eigenvalue weighted by Gasteiger charge is -2.28. The number of fused-ring (bicyclic) bond motifs is 3. The minimum atomic E-state index is 0.00262. The second-order valence-corrected chi connectivity index (χ2v) is 6.86. The molecule has 2 aliphatic carbocycles. The lowest BCUT2D eigenvalue weighted by molar-refractivity contribution is 0.0915. The SMILES string of the molecule is C[C@H](NC(=O)c1ccc2nccnc2c1)[C@H]1C[C@H]2CC[C@H]1C2. The van der Waals surface area contributed by atoms with Crippen molar-refractivity contribution in [1.82, 2.24) is 15.3 Å². The van der Waals surface area contributed by atoms with E-state index < -0.39 is 0 Å². The van der Waals surface area contributed by atoms with Crippen molar-refractivity contribution in [1.29, 1.82) is 0 Å². The van der Waals surface area contributed by atoms with Crippen molar-refractivity contribution in [2.75, 3.05) is 0 Å². The molecular formula is C18H21N3O. The van der Waals surface area contributed by atoms with Crippen molar-refractivity contribution < 1.29 is 4.79 Å². The van der Waals surface area contributed by atoms with Gasteiger partial charge in [-0.15, -0.1) is 0 Å². The molecule has 2 aliphatic rings. The van der Waals surface area contributed by atoms with Crippen molar-refractivity contribution in [3.05, 3.63) is 36.2 Å². The third-order valence-electron chi connectivity index (χ3n) is 5.53. The summed E-state index contributed by atoms with van der Waals surface area (Å²) in [6.07, 6.45) is 8.72. The molecule has 2 aromatic rings. The quantitative estimate of drug-likeness (QED) is 0.946. The molecule has 0 spiro atoms. The van der Waals surface area contributed by atoms with Gasteiger partial charge < -0.3 is 5.32 Å². The molecule has 1 heterocycles. The zero-order chi connectivity index (χ0) is 15.1. The maximum atomic E-state index is 12.5. The molecule has 22 heavy (non-hydrogen) atoms. The molecule has 4 rings (SSSR count). The number of hydrogen-bond donors (Lipinski definition) is 1. The molecule has 0 saturated heterocycles. The predicted molar refractivity (Wildman–Crippen MR) is 85.4 cm³/mol. The number of nitrogens with one attached hydrogen (secondary N) is 1. The molecule has 0 unspecified atom stereocenters. The van der Waals surface area contributed by atoms with Crippen LogP contribution in [-0.2, 0) is 0 Å². The Labute approximate surface area is 130 Å². The van der Waals surface area contributed by atoms with Gasteiger partial charge >= 0.3 is 0 Å². The Morgan fingerprint density at radius 2 is 2.00 bits per heavy atom. The van der Waals surface area contributed by atoms with Crippen molar-refractivity contribution in [3.8, 4) is 0 Å². The average Bonchev–Trinajstić information content (AvgIpc) is 3.17. The van der Waals surface area contributed by atoms with E-state index in [4.69, 9.17) is 0 Å². The fourth-order valence-corrected chi connectivity index (χ4v) is 4.41. The van der Waals surface area contributed by atoms with E-state index >= 15 is 0 Å². The number of rotatable bonds is 3. The highest BCUT2D eigenvalue weighted by Gasteiger charge is 2.42. The van der Waals surface area contributed by atoms with Crippen LogP contribution < -0.4 is 5.32 Å². The molecule has 2 bridgehead atoms. The largest absolute Gasteiger partial charge is 0.349 e. The van der Waals surface area contributed by atoms with E-state index in [9.17, 15) is 4.79 Å². The minimum absolute atomic E-state index is 0.00262. The number of aromatic nitrogens is 2. The maximum Gasteiger partial charge on any atom is 0.251 e. The van der Waals surface area contributed by atoms with Gasteiger partial charge in [-0.3, -0.25) is 14.8 Å². The lowest BCUT2D eigenvalue weighted by atomic mass is 9.84. The molecule has 2 saturated carbocycles. The standard InChI is InChI=1S/C18H21N3O/c1-11(15-9-12-2-3-13(15)8-12)21-18(22)14-4-5-16-17(10-14)20-7-6-19-16/h4-7,10-13,15H,2-3,8-9H2,1H3,(H,21,22)/t11-,12-,13-,15+/m0/s1. The topological polar surface area (TPSA) is 54.9 Å². The van der Waals surface area contributed by atoms with Crippen LogP contribution in [0.5, 0.6) is 0 Å². The first-order chi connectivity index (χ1) is 10.7. The summed E-state index contributed by atoms with van der Waals surface area (Å²) in [4.78, 5) is 21.0. The summed E-state index contributed by atoms with van der Waals surface area (Å²) < 4.78 is 0. The molecule has 1 aromatic heterocycles. The van der Waals surface area contributed by atoms with E-state index in [1.54, 1.807) is 12.4 Å². The van der Waals surface area contributed by atoms with Crippen molar-refractivity contribution in [2.24, 2.45) is 17.8 Å². The molecule has 1 aromatic carbocycles. The summed E-state index contributed by atoms with van der Waals surface area (Å²) >= 11 is 0. The van der Waals surface area contributed by atoms with Crippen LogP contribution in [0, 0.1) is 17.8 Å². The van der Waals surface area contributed by atoms with E-state index in [1.165, 1.54) is 25.7 Å². The van der Waals surface area contributed by atoms with E-state index in [2.05, 4.69) is 22.2 Å². The molecule has 114 valence electrons. The van der Waals surface area contributed by atoms with Crippen LogP contribution in [0.4, 0.5) is 0 Å². The van der Waals surface area contributed by atoms with Gasteiger partial charge in [-0.25, -0.2) is 0 Å². The third-order valence-corrected chi connectivity index (χ3v) is 5.53. The highest BCUT2D eigenvalue weighted by molar-refractivity contribution is 5.97. The number of nitrogens with zero attached hydrogens (tertiary/aromatic N) is 2. The van der Waals surface area contributed by atoms with Gasteiger partial charge in [0.1, 0.15) is 0 Å². The summed E-state index contributed by atoms with van der Waals surface area (Å²) in [5.41, 5.74) is 2.26. The third kappa shape index (κ3) is 2.36. The Morgan fingerprint density at radius 1 is 1.18 bits per heavy atom. The Morgan fingerprint density at radius 3 is 2.73 bits per heavy atom. The van der Waals surface area contributed by atoms with E-state index in [0.29, 0.717) is 11.5 Å². The Hall–Kier alpha value is -1.97. The molecular weight excluding hydrogens is 274 g/mol. The van der Waals surface area contributed by atoms with Gasteiger partial charge in [0.15, 0.2) is 0 Å². The van der Waals surface area contributed by atoms with Gasteiger partial charge in [0.05, 0.1) is 11.0 Å². The zero-order valence-electron chi connectivity index (χ0n) is 12.8. The fourth-order valence-electron chi connectivity index (χ4n) is 4.41. The first-order valence-corrected chi connectivity index (χ1v) is 8.22. The fraction of sp³-hybridized carbons (Fsp3) is 0.500.